The van der Waals surface area contributed by atoms with Gasteiger partial charge in [-0.05, 0) is 46.8 Å². The Kier molecular flexibility index (Phi) is 4.81. The lowest BCUT2D eigenvalue weighted by atomic mass is 9.99. The van der Waals surface area contributed by atoms with Crippen LogP contribution in [0.2, 0.25) is 5.02 Å². The minimum atomic E-state index is -0.159. The van der Waals surface area contributed by atoms with Crippen molar-refractivity contribution in [2.45, 2.75) is 52.4 Å². The van der Waals surface area contributed by atoms with Crippen molar-refractivity contribution in [1.82, 2.24) is 9.88 Å². The number of rotatable bonds is 4. The summed E-state index contributed by atoms with van der Waals surface area (Å²) in [7, 11) is 0. The van der Waals surface area contributed by atoms with Crippen molar-refractivity contribution in [3.05, 3.63) is 22.8 Å². The van der Waals surface area contributed by atoms with Crippen molar-refractivity contribution in [2.24, 2.45) is 0 Å². The Bertz CT molecular complexity index is 486. The van der Waals surface area contributed by atoms with E-state index in [4.69, 9.17) is 16.3 Å². The summed E-state index contributed by atoms with van der Waals surface area (Å²) in [5.41, 5.74) is 0.602. The lowest BCUT2D eigenvalue weighted by Crippen LogP contribution is -2.56. The van der Waals surface area contributed by atoms with Crippen LogP contribution < -0.4 is 5.32 Å². The molecular weight excluding hydrogens is 286 g/mol. The highest BCUT2D eigenvalue weighted by Gasteiger charge is 2.38. The molecule has 1 aliphatic rings. The molecule has 0 bridgehead atoms. The summed E-state index contributed by atoms with van der Waals surface area (Å²) in [4.78, 5) is 6.99. The molecule has 1 aromatic heterocycles. The summed E-state index contributed by atoms with van der Waals surface area (Å²) in [6, 6.07) is 3.83. The third kappa shape index (κ3) is 4.56. The molecule has 1 saturated heterocycles. The molecule has 21 heavy (non-hydrogen) atoms. The minimum absolute atomic E-state index is 0.159. The number of anilines is 1. The number of halogens is 1. The zero-order valence-corrected chi connectivity index (χ0v) is 14.4. The van der Waals surface area contributed by atoms with Gasteiger partial charge in [-0.1, -0.05) is 11.6 Å². The normalized spacial score (nSPS) is 21.2. The zero-order chi connectivity index (χ0) is 15.7. The number of ether oxygens (including phenoxy) is 1. The standard InChI is InChI=1S/C16H26ClN3O/c1-6-18-14-8-7-12(17)13(19-14)9-20-10-15(2,3)21-16(4,5)11-20/h7-8H,6,9-11H2,1-5H3,(H,18,19). The third-order valence-corrected chi connectivity index (χ3v) is 3.76. The molecule has 5 heteroatoms. The van der Waals surface area contributed by atoms with Crippen LogP contribution >= 0.6 is 11.6 Å². The van der Waals surface area contributed by atoms with Crippen LogP contribution in [0.25, 0.3) is 0 Å². The van der Waals surface area contributed by atoms with E-state index in [0.717, 1.165) is 42.7 Å². The second kappa shape index (κ2) is 6.11. The number of morpholine rings is 1. The molecule has 1 N–H and O–H groups in total. The average molecular weight is 312 g/mol. The maximum absolute atomic E-state index is 6.31. The van der Waals surface area contributed by atoms with Crippen LogP contribution in [0.4, 0.5) is 5.82 Å². The highest BCUT2D eigenvalue weighted by atomic mass is 35.5. The first-order chi connectivity index (χ1) is 9.71. The summed E-state index contributed by atoms with van der Waals surface area (Å²) >= 11 is 6.31. The number of aromatic nitrogens is 1. The highest BCUT2D eigenvalue weighted by molar-refractivity contribution is 6.31. The van der Waals surface area contributed by atoms with E-state index in [1.54, 1.807) is 0 Å². The van der Waals surface area contributed by atoms with Crippen LogP contribution in [-0.4, -0.2) is 40.7 Å². The maximum atomic E-state index is 6.31. The molecule has 0 unspecified atom stereocenters. The Hall–Kier alpha value is -0.840. The van der Waals surface area contributed by atoms with Crippen LogP contribution in [0.3, 0.4) is 0 Å². The largest absolute Gasteiger partial charge is 0.370 e. The Morgan fingerprint density at radius 1 is 1.24 bits per heavy atom. The van der Waals surface area contributed by atoms with E-state index in [0.29, 0.717) is 0 Å². The first-order valence-corrected chi connectivity index (χ1v) is 7.90. The predicted molar refractivity (Wildman–Crippen MR) is 87.9 cm³/mol. The van der Waals surface area contributed by atoms with Crippen molar-refractivity contribution in [3.8, 4) is 0 Å². The number of hydrogen-bond acceptors (Lipinski definition) is 4. The van der Waals surface area contributed by atoms with Crippen LogP contribution in [0.5, 0.6) is 0 Å². The Morgan fingerprint density at radius 3 is 2.43 bits per heavy atom. The van der Waals surface area contributed by atoms with Crippen molar-refractivity contribution in [1.29, 1.82) is 0 Å². The molecule has 0 radical (unpaired) electrons. The van der Waals surface area contributed by atoms with Gasteiger partial charge in [0.1, 0.15) is 5.82 Å². The molecule has 118 valence electrons. The van der Waals surface area contributed by atoms with Crippen molar-refractivity contribution in [2.75, 3.05) is 25.0 Å². The molecule has 0 spiro atoms. The Morgan fingerprint density at radius 2 is 1.86 bits per heavy atom. The lowest BCUT2D eigenvalue weighted by Gasteiger charge is -2.47. The van der Waals surface area contributed by atoms with Crippen molar-refractivity contribution in [3.63, 3.8) is 0 Å². The van der Waals surface area contributed by atoms with Gasteiger partial charge in [0.05, 0.1) is 21.9 Å². The first-order valence-electron chi connectivity index (χ1n) is 7.53. The topological polar surface area (TPSA) is 37.4 Å². The molecular formula is C16H26ClN3O. The summed E-state index contributed by atoms with van der Waals surface area (Å²) in [6.07, 6.45) is 0. The van der Waals surface area contributed by atoms with Crippen molar-refractivity contribution < 1.29 is 4.74 Å². The summed E-state index contributed by atoms with van der Waals surface area (Å²) in [6.45, 7) is 13.9. The molecule has 2 heterocycles. The summed E-state index contributed by atoms with van der Waals surface area (Å²) < 4.78 is 6.11. The quantitative estimate of drug-likeness (QED) is 0.922. The summed E-state index contributed by atoms with van der Waals surface area (Å²) in [5.74, 6) is 0.878. The van der Waals surface area contributed by atoms with Gasteiger partial charge in [-0.3, -0.25) is 4.90 Å². The van der Waals surface area contributed by atoms with Gasteiger partial charge in [-0.25, -0.2) is 4.98 Å². The molecule has 1 aromatic rings. The molecule has 1 fully saturated rings. The maximum Gasteiger partial charge on any atom is 0.126 e. The lowest BCUT2D eigenvalue weighted by molar-refractivity contribution is -0.182. The molecule has 2 rings (SSSR count). The third-order valence-electron chi connectivity index (χ3n) is 3.41. The molecule has 0 aromatic carbocycles. The van der Waals surface area contributed by atoms with Gasteiger partial charge in [-0.15, -0.1) is 0 Å². The fourth-order valence-corrected chi connectivity index (χ4v) is 3.31. The predicted octanol–water partition coefficient (Wildman–Crippen LogP) is 3.56. The van der Waals surface area contributed by atoms with Crippen LogP contribution in [-0.2, 0) is 11.3 Å². The first kappa shape index (κ1) is 16.5. The number of pyridine rings is 1. The van der Waals surface area contributed by atoms with Crippen LogP contribution in [0.1, 0.15) is 40.3 Å². The Labute approximate surface area is 132 Å². The molecule has 0 saturated carbocycles. The fourth-order valence-electron chi connectivity index (χ4n) is 3.14. The van der Waals surface area contributed by atoms with E-state index in [1.807, 2.05) is 12.1 Å². The average Bonchev–Trinajstić information content (AvgIpc) is 2.29. The van der Waals surface area contributed by atoms with Gasteiger partial charge >= 0.3 is 0 Å². The second-order valence-corrected chi connectivity index (χ2v) is 7.33. The molecule has 0 amide bonds. The Balaban J connectivity index is 2.15. The zero-order valence-electron chi connectivity index (χ0n) is 13.7. The fraction of sp³-hybridized carbons (Fsp3) is 0.688. The van der Waals surface area contributed by atoms with Gasteiger partial charge < -0.3 is 10.1 Å². The van der Waals surface area contributed by atoms with E-state index in [2.05, 4.69) is 49.8 Å². The van der Waals surface area contributed by atoms with E-state index < -0.39 is 0 Å². The van der Waals surface area contributed by atoms with Gasteiger partial charge in [0, 0.05) is 26.2 Å². The van der Waals surface area contributed by atoms with E-state index in [9.17, 15) is 0 Å². The van der Waals surface area contributed by atoms with E-state index in [1.165, 1.54) is 0 Å². The highest BCUT2D eigenvalue weighted by Crippen LogP contribution is 2.29. The summed E-state index contributed by atoms with van der Waals surface area (Å²) in [5, 5.41) is 3.95. The van der Waals surface area contributed by atoms with Gasteiger partial charge in [0.2, 0.25) is 0 Å². The van der Waals surface area contributed by atoms with Crippen LogP contribution in [0.15, 0.2) is 12.1 Å². The monoisotopic (exact) mass is 311 g/mol. The smallest absolute Gasteiger partial charge is 0.126 e. The number of hydrogen-bond donors (Lipinski definition) is 1. The SMILES string of the molecule is CCNc1ccc(Cl)c(CN2CC(C)(C)OC(C)(C)C2)n1. The number of nitrogens with zero attached hydrogens (tertiary/aromatic N) is 2. The second-order valence-electron chi connectivity index (χ2n) is 6.92. The van der Waals surface area contributed by atoms with Crippen LogP contribution in [0, 0.1) is 0 Å². The molecule has 0 aliphatic carbocycles. The molecule has 4 nitrogen and oxygen atoms in total. The van der Waals surface area contributed by atoms with Gasteiger partial charge in [-0.2, -0.15) is 0 Å². The van der Waals surface area contributed by atoms with E-state index in [-0.39, 0.29) is 11.2 Å². The minimum Gasteiger partial charge on any atom is -0.370 e. The van der Waals surface area contributed by atoms with Gasteiger partial charge in [0.25, 0.3) is 0 Å². The molecule has 0 atom stereocenters. The molecule has 1 aliphatic heterocycles. The van der Waals surface area contributed by atoms with Gasteiger partial charge in [0.15, 0.2) is 0 Å². The van der Waals surface area contributed by atoms with E-state index >= 15 is 0 Å². The van der Waals surface area contributed by atoms with Crippen molar-refractivity contribution >= 4 is 17.4 Å². The number of nitrogens with one attached hydrogen (secondary N) is 1.